The van der Waals surface area contributed by atoms with Gasteiger partial charge in [-0.25, -0.2) is 0 Å². The summed E-state index contributed by atoms with van der Waals surface area (Å²) in [4.78, 5) is 25.8. The summed E-state index contributed by atoms with van der Waals surface area (Å²) >= 11 is 3.37. The number of allylic oxidation sites excluding steroid dienone is 1. The van der Waals surface area contributed by atoms with Crippen LogP contribution in [0.15, 0.2) is 27.5 Å². The second kappa shape index (κ2) is 6.79. The Morgan fingerprint density at radius 1 is 0.963 bits per heavy atom. The summed E-state index contributed by atoms with van der Waals surface area (Å²) < 4.78 is 11.8. The number of methoxy groups -OCH3 is 2. The number of fused-ring (bicyclic) bond motifs is 2. The maximum Gasteiger partial charge on any atom is 0.186 e. The first-order valence-corrected chi connectivity index (χ1v) is 9.62. The van der Waals surface area contributed by atoms with Gasteiger partial charge in [0, 0.05) is 16.3 Å². The fourth-order valence-electron chi connectivity index (χ4n) is 3.67. The minimum Gasteiger partial charge on any atom is -0.493 e. The molecule has 142 valence electrons. The first-order valence-electron chi connectivity index (χ1n) is 8.82. The van der Waals surface area contributed by atoms with Gasteiger partial charge >= 0.3 is 0 Å². The van der Waals surface area contributed by atoms with Gasteiger partial charge in [0.1, 0.15) is 0 Å². The van der Waals surface area contributed by atoms with E-state index < -0.39 is 5.41 Å². The molecule has 1 aliphatic carbocycles. The Balaban J connectivity index is 2.56. The number of hydrogen-bond acceptors (Lipinski definition) is 4. The minimum atomic E-state index is -0.796. The molecule has 0 bridgehead atoms. The Kier molecular flexibility index (Phi) is 4.93. The highest BCUT2D eigenvalue weighted by Crippen LogP contribution is 2.43. The molecule has 0 saturated carbocycles. The lowest BCUT2D eigenvalue weighted by Gasteiger charge is -2.28. The third kappa shape index (κ3) is 2.98. The van der Waals surface area contributed by atoms with Crippen LogP contribution < -0.4 is 14.9 Å². The molecule has 0 fully saturated rings. The van der Waals surface area contributed by atoms with Crippen molar-refractivity contribution < 1.29 is 14.3 Å². The predicted molar refractivity (Wildman–Crippen MR) is 112 cm³/mol. The lowest BCUT2D eigenvalue weighted by molar-refractivity contribution is -0.119. The molecule has 2 aromatic rings. The number of ketones is 1. The molecule has 5 heteroatoms. The third-order valence-electron chi connectivity index (χ3n) is 5.23. The standard InChI is InChI=1S/C22H23BrO4/c1-11(2)13-9-14-15(20(27-6)19(13)26-5)7-12-8-17(23)21(25)22(3,4)16(12)10-18(14)24/h7-11H,1-6H3. The van der Waals surface area contributed by atoms with Gasteiger partial charge in [0.05, 0.1) is 24.1 Å². The highest BCUT2D eigenvalue weighted by Gasteiger charge is 2.36. The SMILES string of the molecule is COc1c(C(C)C)cc2c(=O)cc3c(cc2c1OC)C=C(Br)C(=O)C3(C)C. The second-order valence-electron chi connectivity index (χ2n) is 7.62. The van der Waals surface area contributed by atoms with Crippen molar-refractivity contribution in [2.75, 3.05) is 14.2 Å². The normalized spacial score (nSPS) is 15.6. The summed E-state index contributed by atoms with van der Waals surface area (Å²) in [7, 11) is 3.18. The Labute approximate surface area is 167 Å². The molecular weight excluding hydrogens is 408 g/mol. The molecule has 3 rings (SSSR count). The largest absolute Gasteiger partial charge is 0.493 e. The average molecular weight is 431 g/mol. The van der Waals surface area contributed by atoms with Crippen molar-refractivity contribution >= 4 is 38.6 Å². The highest BCUT2D eigenvalue weighted by atomic mass is 79.9. The van der Waals surface area contributed by atoms with E-state index in [0.29, 0.717) is 32.3 Å². The highest BCUT2D eigenvalue weighted by molar-refractivity contribution is 9.12. The molecule has 0 saturated heterocycles. The summed E-state index contributed by atoms with van der Waals surface area (Å²) in [5, 5.41) is 1.23. The molecule has 0 amide bonds. The van der Waals surface area contributed by atoms with Crippen LogP contribution in [-0.2, 0) is 10.2 Å². The molecule has 0 atom stereocenters. The van der Waals surface area contributed by atoms with Crippen LogP contribution in [0.4, 0.5) is 0 Å². The molecule has 0 spiro atoms. The fraction of sp³-hybridized carbons (Fsp3) is 0.364. The lowest BCUT2D eigenvalue weighted by atomic mass is 9.76. The summed E-state index contributed by atoms with van der Waals surface area (Å²) in [6.07, 6.45) is 1.77. The molecule has 0 radical (unpaired) electrons. The van der Waals surface area contributed by atoms with Crippen LogP contribution in [0.25, 0.3) is 16.8 Å². The van der Waals surface area contributed by atoms with E-state index in [1.54, 1.807) is 26.4 Å². The number of halogens is 1. The van der Waals surface area contributed by atoms with Crippen molar-refractivity contribution in [3.63, 3.8) is 0 Å². The van der Waals surface area contributed by atoms with Crippen LogP contribution in [0.5, 0.6) is 11.5 Å². The Hall–Kier alpha value is -2.14. The number of rotatable bonds is 3. The smallest absolute Gasteiger partial charge is 0.186 e. The van der Waals surface area contributed by atoms with Crippen LogP contribution in [0.3, 0.4) is 0 Å². The molecule has 0 unspecified atom stereocenters. The zero-order valence-corrected chi connectivity index (χ0v) is 18.0. The first kappa shape index (κ1) is 19.6. The number of carbonyl (C=O) groups excluding carboxylic acids is 1. The quantitative estimate of drug-likeness (QED) is 0.691. The number of ether oxygens (including phenoxy) is 2. The van der Waals surface area contributed by atoms with E-state index >= 15 is 0 Å². The number of carbonyl (C=O) groups is 1. The fourth-order valence-corrected chi connectivity index (χ4v) is 4.42. The second-order valence-corrected chi connectivity index (χ2v) is 8.47. The van der Waals surface area contributed by atoms with Crippen molar-refractivity contribution in [1.29, 1.82) is 0 Å². The Morgan fingerprint density at radius 3 is 2.15 bits per heavy atom. The zero-order valence-electron chi connectivity index (χ0n) is 16.4. The Morgan fingerprint density at radius 2 is 1.59 bits per heavy atom. The van der Waals surface area contributed by atoms with E-state index in [1.807, 2.05) is 39.8 Å². The summed E-state index contributed by atoms with van der Waals surface area (Å²) in [6.45, 7) is 7.76. The van der Waals surface area contributed by atoms with E-state index in [0.717, 1.165) is 11.1 Å². The number of benzene rings is 1. The van der Waals surface area contributed by atoms with Crippen molar-refractivity contribution in [2.24, 2.45) is 0 Å². The van der Waals surface area contributed by atoms with E-state index in [9.17, 15) is 9.59 Å². The molecule has 0 heterocycles. The lowest BCUT2D eigenvalue weighted by Crippen LogP contribution is -2.32. The van der Waals surface area contributed by atoms with Gasteiger partial charge < -0.3 is 9.47 Å². The van der Waals surface area contributed by atoms with Crippen molar-refractivity contribution in [1.82, 2.24) is 0 Å². The van der Waals surface area contributed by atoms with Gasteiger partial charge in [-0.3, -0.25) is 9.59 Å². The molecule has 2 aromatic carbocycles. The maximum atomic E-state index is 13.1. The van der Waals surface area contributed by atoms with Crippen molar-refractivity contribution in [3.8, 4) is 11.5 Å². The van der Waals surface area contributed by atoms with Crippen molar-refractivity contribution in [3.05, 3.63) is 49.6 Å². The molecule has 0 aromatic heterocycles. The Bertz CT molecular complexity index is 1050. The van der Waals surface area contributed by atoms with Gasteiger partial charge in [-0.15, -0.1) is 0 Å². The monoisotopic (exact) mass is 430 g/mol. The average Bonchev–Trinajstić information content (AvgIpc) is 2.75. The van der Waals surface area contributed by atoms with Crippen LogP contribution in [0, 0.1) is 0 Å². The van der Waals surface area contributed by atoms with Crippen LogP contribution in [0.1, 0.15) is 50.3 Å². The van der Waals surface area contributed by atoms with Crippen molar-refractivity contribution in [2.45, 2.75) is 39.0 Å². The molecular formula is C22H23BrO4. The van der Waals surface area contributed by atoms with Gasteiger partial charge in [-0.1, -0.05) is 13.8 Å². The van der Waals surface area contributed by atoms with E-state index in [2.05, 4.69) is 15.9 Å². The van der Waals surface area contributed by atoms with Gasteiger partial charge in [0.2, 0.25) is 0 Å². The molecule has 0 N–H and O–H groups in total. The predicted octanol–water partition coefficient (Wildman–Crippen LogP) is 4.94. The molecule has 0 aliphatic heterocycles. The van der Waals surface area contributed by atoms with Gasteiger partial charge in [-0.2, -0.15) is 0 Å². The molecule has 1 aliphatic rings. The zero-order chi connectivity index (χ0) is 20.1. The summed E-state index contributed by atoms with van der Waals surface area (Å²) in [5.74, 6) is 1.28. The summed E-state index contributed by atoms with van der Waals surface area (Å²) in [6, 6.07) is 5.37. The summed E-state index contributed by atoms with van der Waals surface area (Å²) in [5.41, 5.74) is 1.51. The van der Waals surface area contributed by atoms with E-state index in [1.165, 1.54) is 0 Å². The van der Waals surface area contributed by atoms with Crippen LogP contribution in [-0.4, -0.2) is 20.0 Å². The number of hydrogen-bond donors (Lipinski definition) is 0. The number of Topliss-reactive ketones (excluding diaryl/α,β-unsaturated/α-hetero) is 1. The third-order valence-corrected chi connectivity index (χ3v) is 5.81. The van der Waals surface area contributed by atoms with Gasteiger partial charge in [0.15, 0.2) is 22.7 Å². The van der Waals surface area contributed by atoms with E-state index in [4.69, 9.17) is 9.47 Å². The minimum absolute atomic E-state index is 0.0444. The van der Waals surface area contributed by atoms with Crippen LogP contribution >= 0.6 is 15.9 Å². The molecule has 4 nitrogen and oxygen atoms in total. The topological polar surface area (TPSA) is 52.6 Å². The van der Waals surface area contributed by atoms with Gasteiger partial charge in [-0.05, 0) is 71.1 Å². The first-order chi connectivity index (χ1) is 12.6. The maximum absolute atomic E-state index is 13.1. The van der Waals surface area contributed by atoms with Gasteiger partial charge in [0.25, 0.3) is 0 Å². The molecule has 27 heavy (non-hydrogen) atoms. The van der Waals surface area contributed by atoms with E-state index in [-0.39, 0.29) is 17.1 Å². The van der Waals surface area contributed by atoms with Crippen LogP contribution in [0.2, 0.25) is 0 Å².